The van der Waals surface area contributed by atoms with Crippen LogP contribution in [0.3, 0.4) is 0 Å². The van der Waals surface area contributed by atoms with Crippen LogP contribution in [0.2, 0.25) is 0 Å². The van der Waals surface area contributed by atoms with E-state index in [0.29, 0.717) is 26.3 Å². The van der Waals surface area contributed by atoms with Crippen LogP contribution >= 0.6 is 0 Å². The average molecular weight is 370 g/mol. The van der Waals surface area contributed by atoms with E-state index in [1.807, 2.05) is 9.80 Å². The summed E-state index contributed by atoms with van der Waals surface area (Å²) in [7, 11) is 0. The Balaban J connectivity index is 1.93. The fraction of sp³-hybridized carbons (Fsp3) is 0.889. The topological polar surface area (TPSA) is 111 Å². The van der Waals surface area contributed by atoms with Gasteiger partial charge in [-0.1, -0.05) is 0 Å². The van der Waals surface area contributed by atoms with Gasteiger partial charge in [-0.3, -0.25) is 19.4 Å². The largest absolute Gasteiger partial charge is 0.366 e. The monoisotopic (exact) mass is 370 g/mol. The first-order chi connectivity index (χ1) is 12.1. The van der Waals surface area contributed by atoms with Gasteiger partial charge in [-0.05, 0) is 53.4 Å². The van der Waals surface area contributed by atoms with Gasteiger partial charge in [0, 0.05) is 24.2 Å². The molecular weight excluding hydrogens is 336 g/mol. The molecule has 0 aromatic heterocycles. The van der Waals surface area contributed by atoms with E-state index in [9.17, 15) is 9.59 Å². The van der Waals surface area contributed by atoms with Crippen LogP contribution in [-0.4, -0.2) is 71.5 Å². The normalized spacial score (nSPS) is 29.4. The molecule has 0 aromatic carbocycles. The zero-order valence-corrected chi connectivity index (χ0v) is 16.5. The van der Waals surface area contributed by atoms with E-state index in [1.165, 1.54) is 0 Å². The zero-order valence-electron chi connectivity index (χ0n) is 16.5. The van der Waals surface area contributed by atoms with Gasteiger partial charge >= 0.3 is 0 Å². The number of unbranched alkanes of at least 4 members (excludes halogenated alkanes) is 1. The molecule has 8 heteroatoms. The van der Waals surface area contributed by atoms with Crippen molar-refractivity contribution >= 4 is 11.8 Å². The Hall–Kier alpha value is -1.22. The van der Waals surface area contributed by atoms with Crippen molar-refractivity contribution in [3.05, 3.63) is 0 Å². The standard InChI is InChI=1S/C18H34N4O4/c1-17(2)7-11-25-15(13(19)23)21(17)9-5-6-10-22-16(14(20)24)26-12-8-18(22,3)4/h15-16H,5-12H2,1-4H3,(H2,19,23)(H2,20,24). The van der Waals surface area contributed by atoms with Gasteiger partial charge in [-0.25, -0.2) is 0 Å². The smallest absolute Gasteiger partial charge is 0.261 e. The summed E-state index contributed by atoms with van der Waals surface area (Å²) in [5.41, 5.74) is 10.7. The minimum absolute atomic E-state index is 0.138. The molecule has 0 spiro atoms. The van der Waals surface area contributed by atoms with E-state index in [1.54, 1.807) is 0 Å². The van der Waals surface area contributed by atoms with Crippen LogP contribution in [0.4, 0.5) is 0 Å². The van der Waals surface area contributed by atoms with Crippen molar-refractivity contribution in [3.8, 4) is 0 Å². The van der Waals surface area contributed by atoms with Crippen LogP contribution in [0.25, 0.3) is 0 Å². The summed E-state index contributed by atoms with van der Waals surface area (Å²) in [6, 6.07) is 0. The number of hydrogen-bond donors (Lipinski definition) is 2. The third-order valence-corrected chi connectivity index (χ3v) is 5.64. The van der Waals surface area contributed by atoms with Gasteiger partial charge < -0.3 is 20.9 Å². The molecule has 26 heavy (non-hydrogen) atoms. The van der Waals surface area contributed by atoms with Crippen LogP contribution < -0.4 is 11.5 Å². The second-order valence-corrected chi connectivity index (χ2v) is 8.47. The van der Waals surface area contributed by atoms with Crippen LogP contribution in [0.1, 0.15) is 53.4 Å². The van der Waals surface area contributed by atoms with E-state index in [0.717, 1.165) is 25.7 Å². The molecular formula is C18H34N4O4. The maximum absolute atomic E-state index is 11.7. The highest BCUT2D eigenvalue weighted by atomic mass is 16.5. The second-order valence-electron chi connectivity index (χ2n) is 8.47. The summed E-state index contributed by atoms with van der Waals surface area (Å²) in [6.45, 7) is 10.9. The quantitative estimate of drug-likeness (QED) is 0.627. The van der Waals surface area contributed by atoms with E-state index >= 15 is 0 Å². The fourth-order valence-electron chi connectivity index (χ4n) is 3.82. The molecule has 4 N–H and O–H groups in total. The Morgan fingerprint density at radius 2 is 1.19 bits per heavy atom. The van der Waals surface area contributed by atoms with Gasteiger partial charge in [0.05, 0.1) is 13.2 Å². The SMILES string of the molecule is CC1(C)CCOC(C(N)=O)N1CCCCN1C(C(N)=O)OCCC1(C)C. The molecule has 2 atom stereocenters. The summed E-state index contributed by atoms with van der Waals surface area (Å²) in [5, 5.41) is 0. The van der Waals surface area contributed by atoms with Crippen molar-refractivity contribution < 1.29 is 19.1 Å². The lowest BCUT2D eigenvalue weighted by molar-refractivity contribution is -0.174. The Morgan fingerprint density at radius 3 is 1.50 bits per heavy atom. The number of primary amides is 2. The molecule has 0 aromatic rings. The lowest BCUT2D eigenvalue weighted by Gasteiger charge is -2.47. The van der Waals surface area contributed by atoms with Crippen LogP contribution in [0.5, 0.6) is 0 Å². The van der Waals surface area contributed by atoms with E-state index in [-0.39, 0.29) is 11.1 Å². The summed E-state index contributed by atoms with van der Waals surface area (Å²) in [4.78, 5) is 27.5. The number of nitrogens with zero attached hydrogens (tertiary/aromatic N) is 2. The number of nitrogens with two attached hydrogens (primary N) is 2. The Kier molecular flexibility index (Phi) is 6.65. The number of ether oxygens (including phenoxy) is 2. The molecule has 150 valence electrons. The fourth-order valence-corrected chi connectivity index (χ4v) is 3.82. The molecule has 2 aliphatic rings. The van der Waals surface area contributed by atoms with Gasteiger partial charge in [0.1, 0.15) is 0 Å². The number of rotatable bonds is 7. The zero-order chi connectivity index (χ0) is 19.5. The first-order valence-electron chi connectivity index (χ1n) is 9.41. The molecule has 2 unspecified atom stereocenters. The van der Waals surface area contributed by atoms with Gasteiger partial charge in [0.2, 0.25) is 0 Å². The van der Waals surface area contributed by atoms with Crippen LogP contribution in [0.15, 0.2) is 0 Å². The highest BCUT2D eigenvalue weighted by molar-refractivity contribution is 5.79. The first-order valence-corrected chi connectivity index (χ1v) is 9.41. The van der Waals surface area contributed by atoms with Crippen molar-refractivity contribution in [2.24, 2.45) is 11.5 Å². The maximum Gasteiger partial charge on any atom is 0.261 e. The summed E-state index contributed by atoms with van der Waals surface area (Å²) in [6.07, 6.45) is 2.07. The maximum atomic E-state index is 11.7. The Labute approximate surface area is 156 Å². The lowest BCUT2D eigenvalue weighted by atomic mass is 9.94. The third-order valence-electron chi connectivity index (χ3n) is 5.64. The van der Waals surface area contributed by atoms with Gasteiger partial charge in [0.15, 0.2) is 12.5 Å². The average Bonchev–Trinajstić information content (AvgIpc) is 2.52. The van der Waals surface area contributed by atoms with Crippen molar-refractivity contribution in [3.63, 3.8) is 0 Å². The summed E-state index contributed by atoms with van der Waals surface area (Å²) >= 11 is 0. The summed E-state index contributed by atoms with van der Waals surface area (Å²) < 4.78 is 11.2. The van der Waals surface area contributed by atoms with Crippen LogP contribution in [-0.2, 0) is 19.1 Å². The van der Waals surface area contributed by atoms with Crippen molar-refractivity contribution in [1.29, 1.82) is 0 Å². The molecule has 0 aliphatic carbocycles. The number of carbonyl (C=O) groups is 2. The molecule has 2 fully saturated rings. The van der Waals surface area contributed by atoms with Crippen molar-refractivity contribution in [1.82, 2.24) is 9.80 Å². The molecule has 0 radical (unpaired) electrons. The highest BCUT2D eigenvalue weighted by Crippen LogP contribution is 2.29. The first kappa shape index (κ1) is 21.1. The second kappa shape index (κ2) is 8.21. The van der Waals surface area contributed by atoms with E-state index in [2.05, 4.69) is 27.7 Å². The molecule has 2 saturated heterocycles. The molecule has 8 nitrogen and oxygen atoms in total. The number of hydrogen-bond acceptors (Lipinski definition) is 6. The minimum Gasteiger partial charge on any atom is -0.366 e. The predicted molar refractivity (Wildman–Crippen MR) is 97.9 cm³/mol. The Morgan fingerprint density at radius 1 is 0.846 bits per heavy atom. The van der Waals surface area contributed by atoms with Crippen molar-refractivity contribution in [2.75, 3.05) is 26.3 Å². The molecule has 2 amide bonds. The molecule has 0 bridgehead atoms. The molecule has 2 rings (SSSR count). The summed E-state index contributed by atoms with van der Waals surface area (Å²) in [5.74, 6) is -0.894. The van der Waals surface area contributed by atoms with Crippen LogP contribution in [0, 0.1) is 0 Å². The third kappa shape index (κ3) is 4.73. The van der Waals surface area contributed by atoms with Gasteiger partial charge in [-0.15, -0.1) is 0 Å². The van der Waals surface area contributed by atoms with Gasteiger partial charge in [-0.2, -0.15) is 0 Å². The predicted octanol–water partition coefficient (Wildman–Crippen LogP) is 0.391. The minimum atomic E-state index is -0.674. The Bertz CT molecular complexity index is 477. The molecule has 0 saturated carbocycles. The number of carbonyl (C=O) groups excluding carboxylic acids is 2. The van der Waals surface area contributed by atoms with Crippen molar-refractivity contribution in [2.45, 2.75) is 76.9 Å². The molecule has 2 aliphatic heterocycles. The molecule has 2 heterocycles. The van der Waals surface area contributed by atoms with Gasteiger partial charge in [0.25, 0.3) is 11.8 Å². The highest BCUT2D eigenvalue weighted by Gasteiger charge is 2.41. The van der Waals surface area contributed by atoms with E-state index in [4.69, 9.17) is 20.9 Å². The number of amides is 2. The van der Waals surface area contributed by atoms with E-state index < -0.39 is 24.3 Å². The lowest BCUT2D eigenvalue weighted by Crippen LogP contribution is -2.60.